The molecule has 0 aliphatic rings. The molecule has 1 aromatic heterocycles. The van der Waals surface area contributed by atoms with Crippen molar-refractivity contribution in [1.82, 2.24) is 4.57 Å². The summed E-state index contributed by atoms with van der Waals surface area (Å²) in [4.78, 5) is 13.0. The van der Waals surface area contributed by atoms with Crippen LogP contribution < -0.4 is 5.32 Å². The first-order valence-electron chi connectivity index (χ1n) is 9.85. The highest BCUT2D eigenvalue weighted by atomic mass is 32.2. The van der Waals surface area contributed by atoms with Crippen LogP contribution in [0.4, 0.5) is 18.9 Å². The van der Waals surface area contributed by atoms with Gasteiger partial charge in [-0.1, -0.05) is 12.1 Å². The molecule has 0 spiro atoms. The molecule has 0 radical (unpaired) electrons. The highest BCUT2D eigenvalue weighted by molar-refractivity contribution is 7.92. The lowest BCUT2D eigenvalue weighted by Crippen LogP contribution is -2.15. The Labute approximate surface area is 184 Å². The molecule has 0 unspecified atom stereocenters. The Balaban J connectivity index is 1.93. The molecule has 0 bridgehead atoms. The van der Waals surface area contributed by atoms with E-state index in [9.17, 15) is 26.4 Å². The maximum atomic E-state index is 13.5. The fourth-order valence-electron chi connectivity index (χ4n) is 3.47. The van der Waals surface area contributed by atoms with Crippen LogP contribution >= 0.6 is 0 Å². The fraction of sp³-hybridized carbons (Fsp3) is 0.261. The number of amides is 1. The number of anilines is 1. The summed E-state index contributed by atoms with van der Waals surface area (Å²) in [5.41, 5.74) is 0.572. The Bertz CT molecular complexity index is 1260. The quantitative estimate of drug-likeness (QED) is 0.539. The van der Waals surface area contributed by atoms with Crippen molar-refractivity contribution in [3.63, 3.8) is 0 Å². The Hall–Kier alpha value is -3.07. The molecule has 1 amide bonds. The molecule has 0 aliphatic carbocycles. The minimum Gasteiger partial charge on any atom is -0.322 e. The number of hydrogen-bond acceptors (Lipinski definition) is 3. The van der Waals surface area contributed by atoms with Gasteiger partial charge in [0, 0.05) is 17.1 Å². The Morgan fingerprint density at radius 1 is 1.00 bits per heavy atom. The number of rotatable bonds is 5. The third-order valence-electron chi connectivity index (χ3n) is 5.19. The maximum Gasteiger partial charge on any atom is 0.418 e. The molecule has 2 aromatic carbocycles. The molecule has 0 saturated carbocycles. The SMILES string of the molecule is Cc1cc(C(=O)Nc2ccc(S(=O)(=O)C(C)C)cc2)c(C)n1-c1ccccc1C(F)(F)F. The first kappa shape index (κ1) is 23.6. The molecule has 9 heteroatoms. The van der Waals surface area contributed by atoms with Gasteiger partial charge in [-0.15, -0.1) is 0 Å². The van der Waals surface area contributed by atoms with Gasteiger partial charge in [0.1, 0.15) is 0 Å². The monoisotopic (exact) mass is 464 g/mol. The second kappa shape index (κ2) is 8.46. The summed E-state index contributed by atoms with van der Waals surface area (Å²) in [6, 6.07) is 12.5. The van der Waals surface area contributed by atoms with E-state index in [0.29, 0.717) is 17.1 Å². The van der Waals surface area contributed by atoms with E-state index in [4.69, 9.17) is 0 Å². The maximum absolute atomic E-state index is 13.5. The topological polar surface area (TPSA) is 68.2 Å². The predicted octanol–water partition coefficient (Wildman–Crippen LogP) is 5.55. The molecular weight excluding hydrogens is 441 g/mol. The predicted molar refractivity (Wildman–Crippen MR) is 117 cm³/mol. The van der Waals surface area contributed by atoms with Gasteiger partial charge in [-0.3, -0.25) is 4.79 Å². The zero-order valence-electron chi connectivity index (χ0n) is 18.0. The first-order valence-corrected chi connectivity index (χ1v) is 11.4. The lowest BCUT2D eigenvalue weighted by molar-refractivity contribution is -0.137. The summed E-state index contributed by atoms with van der Waals surface area (Å²) in [5.74, 6) is -0.506. The van der Waals surface area contributed by atoms with Gasteiger partial charge in [-0.25, -0.2) is 8.42 Å². The molecule has 0 fully saturated rings. The van der Waals surface area contributed by atoms with Gasteiger partial charge in [-0.2, -0.15) is 13.2 Å². The molecule has 170 valence electrons. The van der Waals surface area contributed by atoms with E-state index in [1.54, 1.807) is 27.7 Å². The summed E-state index contributed by atoms with van der Waals surface area (Å²) in [7, 11) is -3.44. The Morgan fingerprint density at radius 2 is 1.59 bits per heavy atom. The molecular formula is C23H23F3N2O3S. The summed E-state index contributed by atoms with van der Waals surface area (Å²) in [6.45, 7) is 6.37. The van der Waals surface area contributed by atoms with Crippen molar-refractivity contribution in [2.45, 2.75) is 44.0 Å². The van der Waals surface area contributed by atoms with Gasteiger partial charge >= 0.3 is 6.18 Å². The fourth-order valence-corrected chi connectivity index (χ4v) is 4.53. The van der Waals surface area contributed by atoms with Crippen molar-refractivity contribution in [1.29, 1.82) is 0 Å². The number of alkyl halides is 3. The summed E-state index contributed by atoms with van der Waals surface area (Å²) >= 11 is 0. The number of aromatic nitrogens is 1. The van der Waals surface area contributed by atoms with Crippen LogP contribution in [0.5, 0.6) is 0 Å². The average Bonchev–Trinajstić information content (AvgIpc) is 3.01. The smallest absolute Gasteiger partial charge is 0.322 e. The van der Waals surface area contributed by atoms with Crippen molar-refractivity contribution < 1.29 is 26.4 Å². The number of sulfone groups is 1. The number of aryl methyl sites for hydroxylation is 1. The van der Waals surface area contributed by atoms with Gasteiger partial charge < -0.3 is 9.88 Å². The van der Waals surface area contributed by atoms with Crippen LogP contribution in [-0.2, 0) is 16.0 Å². The van der Waals surface area contributed by atoms with E-state index in [1.165, 1.54) is 53.1 Å². The second-order valence-electron chi connectivity index (χ2n) is 7.71. The van der Waals surface area contributed by atoms with E-state index in [1.807, 2.05) is 0 Å². The van der Waals surface area contributed by atoms with Crippen LogP contribution in [0.3, 0.4) is 0 Å². The van der Waals surface area contributed by atoms with Crippen LogP contribution in [0.1, 0.15) is 41.2 Å². The zero-order chi connectivity index (χ0) is 23.8. The minimum atomic E-state index is -4.54. The van der Waals surface area contributed by atoms with Crippen LogP contribution in [0.2, 0.25) is 0 Å². The molecule has 5 nitrogen and oxygen atoms in total. The van der Waals surface area contributed by atoms with Gasteiger partial charge in [0.25, 0.3) is 5.91 Å². The van der Waals surface area contributed by atoms with Gasteiger partial charge in [-0.05, 0) is 70.2 Å². The number of carbonyl (C=O) groups is 1. The van der Waals surface area contributed by atoms with Crippen LogP contribution in [0, 0.1) is 13.8 Å². The number of hydrogen-bond donors (Lipinski definition) is 1. The van der Waals surface area contributed by atoms with Crippen molar-refractivity contribution in [2.75, 3.05) is 5.32 Å². The molecule has 1 N–H and O–H groups in total. The Kier molecular flexibility index (Phi) is 6.24. The molecule has 0 atom stereocenters. The highest BCUT2D eigenvalue weighted by Crippen LogP contribution is 2.35. The molecule has 1 heterocycles. The third kappa shape index (κ3) is 4.43. The normalized spacial score (nSPS) is 12.2. The summed E-state index contributed by atoms with van der Waals surface area (Å²) in [5, 5.41) is 2.10. The van der Waals surface area contributed by atoms with E-state index in [2.05, 4.69) is 5.32 Å². The van der Waals surface area contributed by atoms with E-state index in [0.717, 1.165) is 6.07 Å². The second-order valence-corrected chi connectivity index (χ2v) is 10.2. The molecule has 0 saturated heterocycles. The largest absolute Gasteiger partial charge is 0.418 e. The molecule has 3 rings (SSSR count). The van der Waals surface area contributed by atoms with Crippen molar-refractivity contribution >= 4 is 21.4 Å². The first-order chi connectivity index (χ1) is 14.8. The number of para-hydroxylation sites is 1. The summed E-state index contributed by atoms with van der Waals surface area (Å²) in [6.07, 6.45) is -4.54. The lowest BCUT2D eigenvalue weighted by atomic mass is 10.1. The van der Waals surface area contributed by atoms with E-state index >= 15 is 0 Å². The number of nitrogens with one attached hydrogen (secondary N) is 1. The average molecular weight is 465 g/mol. The highest BCUT2D eigenvalue weighted by Gasteiger charge is 2.34. The molecule has 3 aromatic rings. The number of nitrogens with zero attached hydrogens (tertiary/aromatic N) is 1. The van der Waals surface area contributed by atoms with E-state index < -0.39 is 32.7 Å². The Morgan fingerprint density at radius 3 is 2.16 bits per heavy atom. The minimum absolute atomic E-state index is 0.0581. The molecule has 32 heavy (non-hydrogen) atoms. The van der Waals surface area contributed by atoms with Crippen molar-refractivity contribution in [3.8, 4) is 5.69 Å². The zero-order valence-corrected chi connectivity index (χ0v) is 18.8. The van der Waals surface area contributed by atoms with Crippen LogP contribution in [-0.4, -0.2) is 24.1 Å². The number of carbonyl (C=O) groups excluding carboxylic acids is 1. The third-order valence-corrected chi connectivity index (χ3v) is 7.36. The van der Waals surface area contributed by atoms with Gasteiger partial charge in [0.15, 0.2) is 9.84 Å². The van der Waals surface area contributed by atoms with Gasteiger partial charge in [0.2, 0.25) is 0 Å². The van der Waals surface area contributed by atoms with Crippen molar-refractivity contribution in [3.05, 3.63) is 77.1 Å². The standard InChI is InChI=1S/C23H23F3N2O3S/c1-14(2)32(30,31)18-11-9-17(10-12-18)27-22(29)19-13-15(3)28(16(19)4)21-8-6-5-7-20(21)23(24,25)26/h5-14H,1-4H3,(H,27,29). The van der Waals surface area contributed by atoms with Crippen molar-refractivity contribution in [2.24, 2.45) is 0 Å². The number of benzene rings is 2. The lowest BCUT2D eigenvalue weighted by Gasteiger charge is -2.17. The molecule has 0 aliphatic heterocycles. The van der Waals surface area contributed by atoms with Crippen LogP contribution in [0.25, 0.3) is 5.69 Å². The van der Waals surface area contributed by atoms with E-state index in [-0.39, 0.29) is 16.1 Å². The van der Waals surface area contributed by atoms with Crippen LogP contribution in [0.15, 0.2) is 59.5 Å². The van der Waals surface area contributed by atoms with Gasteiger partial charge in [0.05, 0.1) is 27.0 Å². The number of halogens is 3. The summed E-state index contributed by atoms with van der Waals surface area (Å²) < 4.78 is 66.3.